The van der Waals surface area contributed by atoms with E-state index in [2.05, 4.69) is 41.5 Å². The molecular weight excluding hydrogens is 504 g/mol. The molecule has 0 aromatic rings. The number of hydrogen-bond donors (Lipinski definition) is 1. The lowest BCUT2D eigenvalue weighted by atomic mass is 9.43. The number of aliphatic hydroxyl groups excluding tert-OH is 1. The molecule has 0 spiro atoms. The summed E-state index contributed by atoms with van der Waals surface area (Å²) in [6, 6.07) is 0. The van der Waals surface area contributed by atoms with Gasteiger partial charge in [0.15, 0.2) is 5.12 Å². The van der Waals surface area contributed by atoms with Crippen molar-refractivity contribution in [3.05, 3.63) is 0 Å². The van der Waals surface area contributed by atoms with Crippen LogP contribution in [-0.2, 0) is 14.3 Å². The molecule has 5 heteroatoms. The molecular formula is C34H58O4S. The zero-order chi connectivity index (χ0) is 29.0. The van der Waals surface area contributed by atoms with Crippen LogP contribution in [-0.4, -0.2) is 33.1 Å². The molecule has 4 fully saturated rings. The predicted molar refractivity (Wildman–Crippen MR) is 161 cm³/mol. The molecule has 10 atom stereocenters. The van der Waals surface area contributed by atoms with Crippen LogP contribution in [0.3, 0.4) is 0 Å². The minimum absolute atomic E-state index is 0.00475. The Labute approximate surface area is 243 Å². The molecule has 4 saturated carbocycles. The topological polar surface area (TPSA) is 63.6 Å². The average molecular weight is 563 g/mol. The second-order valence-corrected chi connectivity index (χ2v) is 18.1. The minimum Gasteiger partial charge on any atom is -0.462 e. The van der Waals surface area contributed by atoms with E-state index in [1.807, 2.05) is 20.8 Å². The van der Waals surface area contributed by atoms with E-state index >= 15 is 0 Å². The highest BCUT2D eigenvalue weighted by atomic mass is 32.2. The molecule has 0 heterocycles. The van der Waals surface area contributed by atoms with Crippen LogP contribution in [0.1, 0.15) is 133 Å². The summed E-state index contributed by atoms with van der Waals surface area (Å²) in [5.41, 5.74) is 0.0682. The summed E-state index contributed by atoms with van der Waals surface area (Å²) in [5, 5.41) is 12.0. The Bertz CT molecular complexity index is 907. The van der Waals surface area contributed by atoms with Gasteiger partial charge in [0, 0.05) is 11.2 Å². The van der Waals surface area contributed by atoms with Gasteiger partial charge in [-0.2, -0.15) is 0 Å². The summed E-state index contributed by atoms with van der Waals surface area (Å²) in [7, 11) is 0. The lowest BCUT2D eigenvalue weighted by molar-refractivity contribution is -0.186. The van der Waals surface area contributed by atoms with Crippen LogP contribution < -0.4 is 0 Å². The Balaban J connectivity index is 1.42. The highest BCUT2D eigenvalue weighted by Crippen LogP contribution is 2.68. The third kappa shape index (κ3) is 6.15. The summed E-state index contributed by atoms with van der Waals surface area (Å²) in [6.45, 7) is 19.8. The molecule has 39 heavy (non-hydrogen) atoms. The predicted octanol–water partition coefficient (Wildman–Crippen LogP) is 8.44. The molecule has 0 aromatic heterocycles. The van der Waals surface area contributed by atoms with Gasteiger partial charge in [-0.1, -0.05) is 60.2 Å². The maximum absolute atomic E-state index is 12.8. The molecule has 0 radical (unpaired) electrons. The van der Waals surface area contributed by atoms with Gasteiger partial charge in [0.2, 0.25) is 0 Å². The number of thioether (sulfide) groups is 1. The Morgan fingerprint density at radius 2 is 1.62 bits per heavy atom. The standard InChI is InChI=1S/C34H58O4S/c1-10-32(6,7)30(37)38-23-15-17-33(8)22(19-23)20-27(35)29-25-13-12-24(34(25,9)18-16-26(29)33)21(2)11-14-28(36)39-31(3,4)5/h21-27,29,35H,10-20H2,1-9H3/t21?,22?,23?,24?,25?,26?,27?,29?,33-,34+/m0/s1. The van der Waals surface area contributed by atoms with Gasteiger partial charge in [-0.3, -0.25) is 9.59 Å². The van der Waals surface area contributed by atoms with Crippen molar-refractivity contribution in [2.75, 3.05) is 0 Å². The number of hydrogen-bond acceptors (Lipinski definition) is 5. The van der Waals surface area contributed by atoms with E-state index in [1.165, 1.54) is 37.4 Å². The average Bonchev–Trinajstić information content (AvgIpc) is 3.19. The first kappa shape index (κ1) is 31.4. The number of aliphatic hydroxyl groups is 1. The monoisotopic (exact) mass is 562 g/mol. The Hall–Kier alpha value is -0.550. The molecule has 4 rings (SSSR count). The van der Waals surface area contributed by atoms with E-state index < -0.39 is 5.41 Å². The fraction of sp³-hybridized carbons (Fsp3) is 0.941. The molecule has 0 aromatic carbocycles. The van der Waals surface area contributed by atoms with Gasteiger partial charge in [0.1, 0.15) is 6.10 Å². The minimum atomic E-state index is -0.430. The van der Waals surface area contributed by atoms with E-state index in [4.69, 9.17) is 4.74 Å². The molecule has 0 aliphatic heterocycles. The van der Waals surface area contributed by atoms with Gasteiger partial charge in [-0.25, -0.2) is 0 Å². The molecule has 4 aliphatic carbocycles. The normalized spacial score (nSPS) is 41.2. The van der Waals surface area contributed by atoms with Gasteiger partial charge in [-0.05, 0) is 124 Å². The summed E-state index contributed by atoms with van der Waals surface area (Å²) < 4.78 is 6.05. The Morgan fingerprint density at radius 1 is 0.974 bits per heavy atom. The van der Waals surface area contributed by atoms with Crippen molar-refractivity contribution in [3.63, 3.8) is 0 Å². The smallest absolute Gasteiger partial charge is 0.311 e. The molecule has 0 saturated heterocycles. The number of esters is 1. The zero-order valence-corrected chi connectivity index (χ0v) is 27.3. The number of carbonyl (C=O) groups excluding carboxylic acids is 2. The van der Waals surface area contributed by atoms with Crippen LogP contribution in [0.4, 0.5) is 0 Å². The van der Waals surface area contributed by atoms with Crippen LogP contribution in [0, 0.1) is 51.8 Å². The van der Waals surface area contributed by atoms with Crippen molar-refractivity contribution >= 4 is 22.8 Å². The number of carbonyl (C=O) groups is 2. The van der Waals surface area contributed by atoms with E-state index in [9.17, 15) is 14.7 Å². The number of fused-ring (bicyclic) bond motifs is 5. The fourth-order valence-corrected chi connectivity index (χ4v) is 10.6. The largest absolute Gasteiger partial charge is 0.462 e. The fourth-order valence-electron chi connectivity index (χ4n) is 9.66. The molecule has 8 unspecified atom stereocenters. The Morgan fingerprint density at radius 3 is 2.26 bits per heavy atom. The van der Waals surface area contributed by atoms with Crippen LogP contribution >= 0.6 is 11.8 Å². The first-order valence-corrected chi connectivity index (χ1v) is 16.9. The second-order valence-electron chi connectivity index (χ2n) is 16.2. The third-order valence-electron chi connectivity index (χ3n) is 12.3. The van der Waals surface area contributed by atoms with Crippen LogP contribution in [0.2, 0.25) is 0 Å². The van der Waals surface area contributed by atoms with Crippen molar-refractivity contribution in [2.45, 2.75) is 150 Å². The second kappa shape index (κ2) is 11.3. The van der Waals surface area contributed by atoms with Crippen molar-refractivity contribution in [3.8, 4) is 0 Å². The highest BCUT2D eigenvalue weighted by molar-refractivity contribution is 8.14. The molecule has 0 bridgehead atoms. The molecule has 1 N–H and O–H groups in total. The quantitative estimate of drug-likeness (QED) is 0.315. The van der Waals surface area contributed by atoms with Gasteiger partial charge < -0.3 is 9.84 Å². The lowest BCUT2D eigenvalue weighted by Gasteiger charge is -2.62. The molecule has 224 valence electrons. The van der Waals surface area contributed by atoms with Gasteiger partial charge in [-0.15, -0.1) is 0 Å². The van der Waals surface area contributed by atoms with Crippen LogP contribution in [0.25, 0.3) is 0 Å². The van der Waals surface area contributed by atoms with E-state index in [-0.39, 0.29) is 33.8 Å². The van der Waals surface area contributed by atoms with Gasteiger partial charge in [0.05, 0.1) is 11.5 Å². The van der Waals surface area contributed by atoms with Crippen molar-refractivity contribution in [1.82, 2.24) is 0 Å². The van der Waals surface area contributed by atoms with Gasteiger partial charge >= 0.3 is 5.97 Å². The maximum atomic E-state index is 12.8. The maximum Gasteiger partial charge on any atom is 0.311 e. The zero-order valence-electron chi connectivity index (χ0n) is 26.5. The SMILES string of the molecule is CCC(C)(C)C(=O)OC1CC[C@@]2(C)C(C1)CC(O)C1C3CCC(C(C)CCC(=O)SC(C)(C)C)[C@@]3(C)CCC12. The third-order valence-corrected chi connectivity index (χ3v) is 13.4. The highest BCUT2D eigenvalue weighted by Gasteiger charge is 2.63. The van der Waals surface area contributed by atoms with E-state index in [1.54, 1.807) is 0 Å². The first-order valence-electron chi connectivity index (χ1n) is 16.1. The summed E-state index contributed by atoms with van der Waals surface area (Å²) in [6.07, 6.45) is 10.9. The van der Waals surface area contributed by atoms with Crippen molar-refractivity contribution < 1.29 is 19.4 Å². The van der Waals surface area contributed by atoms with E-state index in [0.717, 1.165) is 38.5 Å². The van der Waals surface area contributed by atoms with Crippen LogP contribution in [0.5, 0.6) is 0 Å². The molecule has 0 amide bonds. The number of rotatable bonds is 7. The summed E-state index contributed by atoms with van der Waals surface area (Å²) in [5.74, 6) is 3.08. The van der Waals surface area contributed by atoms with E-state index in [0.29, 0.717) is 47.0 Å². The van der Waals surface area contributed by atoms with Crippen molar-refractivity contribution in [2.24, 2.45) is 51.8 Å². The molecule has 4 aliphatic rings. The van der Waals surface area contributed by atoms with Crippen molar-refractivity contribution in [1.29, 1.82) is 0 Å². The summed E-state index contributed by atoms with van der Waals surface area (Å²) in [4.78, 5) is 25.4. The first-order chi connectivity index (χ1) is 18.0. The van der Waals surface area contributed by atoms with Gasteiger partial charge in [0.25, 0.3) is 0 Å². The Kier molecular flexibility index (Phi) is 9.07. The molecule has 4 nitrogen and oxygen atoms in total. The van der Waals surface area contributed by atoms with Crippen LogP contribution in [0.15, 0.2) is 0 Å². The number of ether oxygens (including phenoxy) is 1. The lowest BCUT2D eigenvalue weighted by Crippen LogP contribution is -2.59. The summed E-state index contributed by atoms with van der Waals surface area (Å²) >= 11 is 1.49.